The summed E-state index contributed by atoms with van der Waals surface area (Å²) in [6.07, 6.45) is 1.62. The van der Waals surface area contributed by atoms with Gasteiger partial charge in [0.05, 0.1) is 16.3 Å². The Bertz CT molecular complexity index is 1380. The molecule has 0 atom stereocenters. The van der Waals surface area contributed by atoms with E-state index in [1.807, 2.05) is 18.2 Å². The molecule has 0 bridgehead atoms. The van der Waals surface area contributed by atoms with Gasteiger partial charge in [0.2, 0.25) is 0 Å². The predicted octanol–water partition coefficient (Wildman–Crippen LogP) is 4.00. The average Bonchev–Trinajstić information content (AvgIpc) is 3.22. The molecule has 1 aromatic heterocycles. The van der Waals surface area contributed by atoms with Crippen LogP contribution in [0.2, 0.25) is 5.02 Å². The molecule has 35 heavy (non-hydrogen) atoms. The number of aromatic nitrogens is 2. The van der Waals surface area contributed by atoms with Gasteiger partial charge in [-0.05, 0) is 54.6 Å². The zero-order valence-electron chi connectivity index (χ0n) is 18.9. The zero-order chi connectivity index (χ0) is 25.1. The highest BCUT2D eigenvalue weighted by atomic mass is 35.5. The van der Waals surface area contributed by atoms with Crippen LogP contribution in [0.3, 0.4) is 0 Å². The number of thioether (sulfide) groups is 1. The molecule has 0 saturated carbocycles. The molecular formula is C24H22ClN5O4S. The highest BCUT2D eigenvalue weighted by Crippen LogP contribution is 2.32. The molecule has 1 fully saturated rings. The molecule has 2 heterocycles. The Morgan fingerprint density at radius 3 is 2.43 bits per heavy atom. The molecule has 180 valence electrons. The third-order valence-electron chi connectivity index (χ3n) is 5.46. The molecule has 3 aromatic rings. The van der Waals surface area contributed by atoms with Crippen molar-refractivity contribution in [3.05, 3.63) is 86.1 Å². The van der Waals surface area contributed by atoms with Crippen molar-refractivity contribution in [1.29, 1.82) is 0 Å². The summed E-state index contributed by atoms with van der Waals surface area (Å²) in [5.74, 6) is -0.429. The number of carbonyl (C=O) groups is 3. The minimum absolute atomic E-state index is 0.00192. The molecule has 4 rings (SSSR count). The zero-order valence-corrected chi connectivity index (χ0v) is 20.5. The minimum Gasteiger partial charge on any atom is -0.336 e. The molecule has 2 N–H and O–H groups in total. The minimum atomic E-state index is -0.611. The van der Waals surface area contributed by atoms with Gasteiger partial charge in [-0.3, -0.25) is 24.0 Å². The van der Waals surface area contributed by atoms with Crippen molar-refractivity contribution in [2.75, 3.05) is 18.4 Å². The summed E-state index contributed by atoms with van der Waals surface area (Å²) >= 11 is 6.72. The lowest BCUT2D eigenvalue weighted by molar-refractivity contribution is -0.122. The van der Waals surface area contributed by atoms with E-state index >= 15 is 0 Å². The van der Waals surface area contributed by atoms with E-state index in [9.17, 15) is 19.2 Å². The second-order valence-corrected chi connectivity index (χ2v) is 9.13. The van der Waals surface area contributed by atoms with Gasteiger partial charge in [-0.2, -0.15) is 0 Å². The number of anilines is 1. The standard InChI is InChI=1S/C24H22ClN5O4S/c1-15-20(22(32)30(28(15)2)18-6-4-3-5-7-18)27-23(33)26-12-13-29-21(31)19(35-24(29)34)14-16-8-10-17(25)11-9-16/h3-11,14H,12-13H2,1-2H3,(H2,26,27,33)/b19-14-. The van der Waals surface area contributed by atoms with Crippen molar-refractivity contribution in [3.8, 4) is 5.69 Å². The summed E-state index contributed by atoms with van der Waals surface area (Å²) in [6, 6.07) is 15.4. The average molecular weight is 512 g/mol. The van der Waals surface area contributed by atoms with Gasteiger partial charge in [-0.25, -0.2) is 9.48 Å². The van der Waals surface area contributed by atoms with E-state index in [1.165, 1.54) is 4.68 Å². The quantitative estimate of drug-likeness (QED) is 0.487. The summed E-state index contributed by atoms with van der Waals surface area (Å²) in [7, 11) is 1.73. The largest absolute Gasteiger partial charge is 0.336 e. The van der Waals surface area contributed by atoms with Crippen molar-refractivity contribution in [3.63, 3.8) is 0 Å². The Balaban J connectivity index is 1.37. The predicted molar refractivity (Wildman–Crippen MR) is 137 cm³/mol. The number of imide groups is 1. The summed E-state index contributed by atoms with van der Waals surface area (Å²) < 4.78 is 3.11. The first-order valence-corrected chi connectivity index (χ1v) is 11.9. The maximum Gasteiger partial charge on any atom is 0.319 e. The lowest BCUT2D eigenvalue weighted by Gasteiger charge is -2.13. The molecule has 0 unspecified atom stereocenters. The van der Waals surface area contributed by atoms with Crippen LogP contribution in [-0.4, -0.2) is 44.5 Å². The molecule has 11 heteroatoms. The first-order chi connectivity index (χ1) is 16.8. The van der Waals surface area contributed by atoms with Gasteiger partial charge in [-0.1, -0.05) is 41.9 Å². The summed E-state index contributed by atoms with van der Waals surface area (Å²) in [5.41, 5.74) is 1.77. The lowest BCUT2D eigenvalue weighted by atomic mass is 10.2. The van der Waals surface area contributed by atoms with E-state index in [2.05, 4.69) is 10.6 Å². The number of para-hydroxylation sites is 1. The Morgan fingerprint density at radius 1 is 1.06 bits per heavy atom. The maximum atomic E-state index is 12.9. The topological polar surface area (TPSA) is 105 Å². The molecule has 9 nitrogen and oxygen atoms in total. The van der Waals surface area contributed by atoms with Crippen molar-refractivity contribution in [2.24, 2.45) is 7.05 Å². The number of hydrogen-bond acceptors (Lipinski definition) is 5. The van der Waals surface area contributed by atoms with E-state index in [0.717, 1.165) is 22.2 Å². The molecule has 1 aliphatic rings. The van der Waals surface area contributed by atoms with Crippen molar-refractivity contribution in [1.82, 2.24) is 19.6 Å². The van der Waals surface area contributed by atoms with Gasteiger partial charge >= 0.3 is 6.03 Å². The fraction of sp³-hybridized carbons (Fsp3) is 0.167. The number of nitrogens with one attached hydrogen (secondary N) is 2. The molecular weight excluding hydrogens is 490 g/mol. The van der Waals surface area contributed by atoms with E-state index in [0.29, 0.717) is 21.3 Å². The van der Waals surface area contributed by atoms with Gasteiger partial charge < -0.3 is 10.6 Å². The molecule has 0 spiro atoms. The Labute approximate surface area is 210 Å². The Kier molecular flexibility index (Phi) is 7.13. The smallest absolute Gasteiger partial charge is 0.319 e. The lowest BCUT2D eigenvalue weighted by Crippen LogP contribution is -2.39. The number of hydrogen-bond donors (Lipinski definition) is 2. The second kappa shape index (κ2) is 10.2. The number of halogens is 1. The van der Waals surface area contributed by atoms with Crippen LogP contribution in [0, 0.1) is 6.92 Å². The van der Waals surface area contributed by atoms with Gasteiger partial charge in [-0.15, -0.1) is 0 Å². The normalized spacial score (nSPS) is 14.6. The third-order valence-corrected chi connectivity index (χ3v) is 6.61. The van der Waals surface area contributed by atoms with Gasteiger partial charge in [0, 0.05) is 25.2 Å². The molecule has 0 radical (unpaired) electrons. The third kappa shape index (κ3) is 5.18. The van der Waals surface area contributed by atoms with Gasteiger partial charge in [0.25, 0.3) is 16.7 Å². The van der Waals surface area contributed by atoms with E-state index in [-0.39, 0.29) is 24.3 Å². The fourth-order valence-corrected chi connectivity index (χ4v) is 4.55. The number of urea groups is 1. The van der Waals surface area contributed by atoms with Gasteiger partial charge in [0.15, 0.2) is 0 Å². The van der Waals surface area contributed by atoms with E-state index in [1.54, 1.807) is 61.1 Å². The number of amides is 4. The fourth-order valence-electron chi connectivity index (χ4n) is 3.55. The molecule has 0 aliphatic carbocycles. The second-order valence-electron chi connectivity index (χ2n) is 7.70. The summed E-state index contributed by atoms with van der Waals surface area (Å²) in [6.45, 7) is 1.75. The number of benzene rings is 2. The van der Waals surface area contributed by atoms with Crippen LogP contribution >= 0.6 is 23.4 Å². The van der Waals surface area contributed by atoms with Crippen LogP contribution in [0.25, 0.3) is 11.8 Å². The van der Waals surface area contributed by atoms with Crippen LogP contribution in [0.15, 0.2) is 64.3 Å². The van der Waals surface area contributed by atoms with Crippen molar-refractivity contribution in [2.45, 2.75) is 6.92 Å². The highest BCUT2D eigenvalue weighted by Gasteiger charge is 2.34. The van der Waals surface area contributed by atoms with Crippen molar-refractivity contribution < 1.29 is 14.4 Å². The Hall–Kier alpha value is -3.76. The first-order valence-electron chi connectivity index (χ1n) is 10.7. The van der Waals surface area contributed by atoms with E-state index < -0.39 is 17.2 Å². The Morgan fingerprint density at radius 2 is 1.74 bits per heavy atom. The van der Waals surface area contributed by atoms with Crippen LogP contribution in [0.4, 0.5) is 15.3 Å². The number of rotatable bonds is 6. The summed E-state index contributed by atoms with van der Waals surface area (Å²) in [5, 5.41) is 5.34. The first kappa shape index (κ1) is 24.4. The van der Waals surface area contributed by atoms with Gasteiger partial charge in [0.1, 0.15) is 5.69 Å². The SMILES string of the molecule is Cc1c(NC(=O)NCCN2C(=O)S/C(=C\c3ccc(Cl)cc3)C2=O)c(=O)n(-c2ccccc2)n1C. The van der Waals surface area contributed by atoms with Crippen LogP contribution in [-0.2, 0) is 11.8 Å². The van der Waals surface area contributed by atoms with Crippen LogP contribution < -0.4 is 16.2 Å². The molecule has 1 saturated heterocycles. The van der Waals surface area contributed by atoms with Crippen LogP contribution in [0.1, 0.15) is 11.3 Å². The summed E-state index contributed by atoms with van der Waals surface area (Å²) in [4.78, 5) is 51.7. The van der Waals surface area contributed by atoms with Crippen molar-refractivity contribution >= 4 is 52.3 Å². The molecule has 4 amide bonds. The molecule has 2 aromatic carbocycles. The van der Waals surface area contributed by atoms with E-state index in [4.69, 9.17) is 11.6 Å². The maximum absolute atomic E-state index is 12.9. The monoisotopic (exact) mass is 511 g/mol. The number of nitrogens with zero attached hydrogens (tertiary/aromatic N) is 3. The highest BCUT2D eigenvalue weighted by molar-refractivity contribution is 8.18. The molecule has 1 aliphatic heterocycles. The van der Waals surface area contributed by atoms with Crippen LogP contribution in [0.5, 0.6) is 0 Å². The number of carbonyl (C=O) groups excluding carboxylic acids is 3.